The lowest BCUT2D eigenvalue weighted by Crippen LogP contribution is -2.44. The molecule has 0 saturated carbocycles. The van der Waals surface area contributed by atoms with Gasteiger partial charge in [-0.3, -0.25) is 0 Å². The van der Waals surface area contributed by atoms with E-state index in [1.54, 1.807) is 14.2 Å². The summed E-state index contributed by atoms with van der Waals surface area (Å²) in [4.78, 5) is 1.98. The average molecular weight is 253 g/mol. The molecule has 0 aliphatic rings. The first-order valence-electron chi connectivity index (χ1n) is 5.92. The van der Waals surface area contributed by atoms with Gasteiger partial charge < -0.3 is 19.5 Å². The minimum Gasteiger partial charge on any atom is -0.496 e. The molecule has 0 aliphatic heterocycles. The fourth-order valence-corrected chi connectivity index (χ4v) is 1.75. The van der Waals surface area contributed by atoms with Crippen LogP contribution in [0.3, 0.4) is 0 Å². The van der Waals surface area contributed by atoms with Crippen molar-refractivity contribution < 1.29 is 14.6 Å². The van der Waals surface area contributed by atoms with Crippen LogP contribution in [0.15, 0.2) is 18.2 Å². The van der Waals surface area contributed by atoms with Crippen molar-refractivity contribution in [3.8, 4) is 11.5 Å². The molecule has 0 aliphatic carbocycles. The van der Waals surface area contributed by atoms with E-state index in [9.17, 15) is 5.11 Å². The number of hydrogen-bond donors (Lipinski definition) is 1. The summed E-state index contributed by atoms with van der Waals surface area (Å²) in [5.74, 6) is 1.27. The second kappa shape index (κ2) is 5.59. The van der Waals surface area contributed by atoms with Crippen molar-refractivity contribution in [1.29, 1.82) is 0 Å². The Hall–Kier alpha value is -1.26. The van der Waals surface area contributed by atoms with Crippen LogP contribution in [0.5, 0.6) is 11.5 Å². The fraction of sp³-hybridized carbons (Fsp3) is 0.571. The Labute approximate surface area is 109 Å². The van der Waals surface area contributed by atoms with E-state index in [1.165, 1.54) is 0 Å². The molecule has 0 fully saturated rings. The van der Waals surface area contributed by atoms with Gasteiger partial charge in [-0.2, -0.15) is 0 Å². The number of ether oxygens (including phenoxy) is 2. The van der Waals surface area contributed by atoms with Crippen molar-refractivity contribution in [3.05, 3.63) is 23.8 Å². The van der Waals surface area contributed by atoms with Crippen molar-refractivity contribution in [1.82, 2.24) is 4.90 Å². The maximum Gasteiger partial charge on any atom is 0.128 e. The number of methoxy groups -OCH3 is 2. The van der Waals surface area contributed by atoms with E-state index in [0.29, 0.717) is 17.1 Å². The lowest BCUT2D eigenvalue weighted by atomic mass is 9.89. The first-order chi connectivity index (χ1) is 8.36. The van der Waals surface area contributed by atoms with E-state index < -0.39 is 11.6 Å². The highest BCUT2D eigenvalue weighted by atomic mass is 16.5. The van der Waals surface area contributed by atoms with Gasteiger partial charge in [-0.05, 0) is 40.1 Å². The highest BCUT2D eigenvalue weighted by molar-refractivity contribution is 5.47. The molecule has 0 spiro atoms. The third-order valence-corrected chi connectivity index (χ3v) is 3.56. The van der Waals surface area contributed by atoms with Gasteiger partial charge in [0.15, 0.2) is 0 Å². The molecule has 4 heteroatoms. The molecule has 1 unspecified atom stereocenters. The number of hydrogen-bond acceptors (Lipinski definition) is 4. The largest absolute Gasteiger partial charge is 0.496 e. The molecule has 0 aromatic heterocycles. The summed E-state index contributed by atoms with van der Waals surface area (Å²) in [6, 6.07) is 5.50. The summed E-state index contributed by atoms with van der Waals surface area (Å²) in [6.45, 7) is 3.95. The highest BCUT2D eigenvalue weighted by Gasteiger charge is 2.35. The first-order valence-corrected chi connectivity index (χ1v) is 5.92. The normalized spacial score (nSPS) is 13.6. The molecule has 18 heavy (non-hydrogen) atoms. The molecule has 0 bridgehead atoms. The zero-order chi connectivity index (χ0) is 13.9. The van der Waals surface area contributed by atoms with E-state index in [-0.39, 0.29) is 0 Å². The second-order valence-electron chi connectivity index (χ2n) is 5.03. The summed E-state index contributed by atoms with van der Waals surface area (Å²) in [5, 5.41) is 10.6. The molecule has 1 N–H and O–H groups in total. The molecule has 0 heterocycles. The van der Waals surface area contributed by atoms with Gasteiger partial charge in [-0.15, -0.1) is 0 Å². The number of likely N-dealkylation sites (N-methyl/N-ethyl adjacent to an activating group) is 1. The topological polar surface area (TPSA) is 41.9 Å². The summed E-state index contributed by atoms with van der Waals surface area (Å²) in [5.41, 5.74) is 0.253. The minimum absolute atomic E-state index is 0.429. The number of nitrogens with zero attached hydrogens (tertiary/aromatic N) is 1. The maximum absolute atomic E-state index is 10.6. The third-order valence-electron chi connectivity index (χ3n) is 3.56. The third kappa shape index (κ3) is 2.60. The van der Waals surface area contributed by atoms with Crippen LogP contribution in [-0.2, 0) is 0 Å². The van der Waals surface area contributed by atoms with E-state index in [4.69, 9.17) is 9.47 Å². The van der Waals surface area contributed by atoms with Crippen molar-refractivity contribution in [2.75, 3.05) is 28.3 Å². The molecule has 1 atom stereocenters. The van der Waals surface area contributed by atoms with Crippen LogP contribution in [-0.4, -0.2) is 43.9 Å². The monoisotopic (exact) mass is 253 g/mol. The van der Waals surface area contributed by atoms with Crippen LogP contribution in [0.2, 0.25) is 0 Å². The van der Waals surface area contributed by atoms with Crippen LogP contribution in [0, 0.1) is 0 Å². The molecule has 1 aromatic carbocycles. The molecule has 0 radical (unpaired) electrons. The second-order valence-corrected chi connectivity index (χ2v) is 5.03. The number of rotatable bonds is 5. The van der Waals surface area contributed by atoms with Crippen LogP contribution < -0.4 is 9.47 Å². The van der Waals surface area contributed by atoms with Crippen LogP contribution in [0.4, 0.5) is 0 Å². The van der Waals surface area contributed by atoms with Crippen LogP contribution >= 0.6 is 0 Å². The summed E-state index contributed by atoms with van der Waals surface area (Å²) in [6.07, 6.45) is -0.710. The quantitative estimate of drug-likeness (QED) is 0.872. The van der Waals surface area contributed by atoms with Crippen molar-refractivity contribution in [2.45, 2.75) is 25.5 Å². The maximum atomic E-state index is 10.6. The Bertz CT molecular complexity index is 380. The van der Waals surface area contributed by atoms with Crippen molar-refractivity contribution >= 4 is 0 Å². The van der Waals surface area contributed by atoms with E-state index in [1.807, 2.05) is 51.0 Å². The van der Waals surface area contributed by atoms with Crippen LogP contribution in [0.1, 0.15) is 25.5 Å². The number of aliphatic hydroxyl groups is 1. The smallest absolute Gasteiger partial charge is 0.128 e. The molecule has 102 valence electrons. The lowest BCUT2D eigenvalue weighted by molar-refractivity contribution is 0.0135. The predicted molar refractivity (Wildman–Crippen MR) is 72.3 cm³/mol. The Kier molecular flexibility index (Phi) is 4.59. The van der Waals surface area contributed by atoms with Gasteiger partial charge >= 0.3 is 0 Å². The van der Waals surface area contributed by atoms with E-state index >= 15 is 0 Å². The molecule has 1 rings (SSSR count). The van der Waals surface area contributed by atoms with Gasteiger partial charge in [0, 0.05) is 5.54 Å². The Balaban J connectivity index is 3.30. The highest BCUT2D eigenvalue weighted by Crippen LogP contribution is 2.40. The SMILES string of the molecule is COc1cccc(OC)c1C(O)C(C)(C)N(C)C. The summed E-state index contributed by atoms with van der Waals surface area (Å²) in [7, 11) is 7.05. The molecular formula is C14H23NO3. The van der Waals surface area contributed by atoms with E-state index in [0.717, 1.165) is 0 Å². The van der Waals surface area contributed by atoms with Gasteiger partial charge in [-0.25, -0.2) is 0 Å². The Morgan fingerprint density at radius 2 is 1.56 bits per heavy atom. The zero-order valence-corrected chi connectivity index (χ0v) is 12.0. The molecule has 1 aromatic rings. The Morgan fingerprint density at radius 3 is 1.89 bits per heavy atom. The van der Waals surface area contributed by atoms with Crippen molar-refractivity contribution in [3.63, 3.8) is 0 Å². The fourth-order valence-electron chi connectivity index (χ4n) is 1.75. The lowest BCUT2D eigenvalue weighted by Gasteiger charge is -2.38. The average Bonchev–Trinajstić information content (AvgIpc) is 2.36. The van der Waals surface area contributed by atoms with Crippen LogP contribution in [0.25, 0.3) is 0 Å². The zero-order valence-electron chi connectivity index (χ0n) is 12.0. The summed E-state index contributed by atoms with van der Waals surface area (Å²) >= 11 is 0. The summed E-state index contributed by atoms with van der Waals surface area (Å²) < 4.78 is 10.7. The number of benzene rings is 1. The molecule has 0 saturated heterocycles. The Morgan fingerprint density at radius 1 is 1.11 bits per heavy atom. The van der Waals surface area contributed by atoms with Gasteiger partial charge in [0.2, 0.25) is 0 Å². The van der Waals surface area contributed by atoms with E-state index in [2.05, 4.69) is 0 Å². The molecule has 4 nitrogen and oxygen atoms in total. The predicted octanol–water partition coefficient (Wildman–Crippen LogP) is 2.08. The van der Waals surface area contributed by atoms with Gasteiger partial charge in [0.1, 0.15) is 17.6 Å². The minimum atomic E-state index is -0.710. The standard InChI is InChI=1S/C14H23NO3/c1-14(2,15(3)4)13(16)12-10(17-5)8-7-9-11(12)18-6/h7-9,13,16H,1-6H3. The van der Waals surface area contributed by atoms with Crippen molar-refractivity contribution in [2.24, 2.45) is 0 Å². The number of aliphatic hydroxyl groups excluding tert-OH is 1. The van der Waals surface area contributed by atoms with Gasteiger partial charge in [0.05, 0.1) is 19.8 Å². The molecular weight excluding hydrogens is 230 g/mol. The van der Waals surface area contributed by atoms with Gasteiger partial charge in [-0.1, -0.05) is 6.07 Å². The first kappa shape index (κ1) is 14.8. The van der Waals surface area contributed by atoms with Gasteiger partial charge in [0.25, 0.3) is 0 Å². The molecule has 0 amide bonds.